The molecule has 3 heteroatoms. The van der Waals surface area contributed by atoms with Crippen LogP contribution in [0.1, 0.15) is 22.3 Å². The molecule has 0 radical (unpaired) electrons. The van der Waals surface area contributed by atoms with Gasteiger partial charge in [-0.3, -0.25) is 10.4 Å². The van der Waals surface area contributed by atoms with Gasteiger partial charge in [0.25, 0.3) is 0 Å². The number of hydrogen-bond acceptors (Lipinski definition) is 3. The average molecular weight is 362 g/mol. The van der Waals surface area contributed by atoms with Crippen LogP contribution in [0.5, 0.6) is 0 Å². The summed E-state index contributed by atoms with van der Waals surface area (Å²) in [6.07, 6.45) is 14.9. The molecule has 0 unspecified atom stereocenters. The van der Waals surface area contributed by atoms with Gasteiger partial charge in [0, 0.05) is 0 Å². The van der Waals surface area contributed by atoms with Crippen LogP contribution in [0.15, 0.2) is 75.9 Å². The molecule has 1 aliphatic rings. The fourth-order valence-corrected chi connectivity index (χ4v) is 3.76. The monoisotopic (exact) mass is 361 g/mol. The van der Waals surface area contributed by atoms with Crippen LogP contribution in [0.3, 0.4) is 0 Å². The minimum atomic E-state index is 0.692. The molecule has 1 aromatic rings. The smallest absolute Gasteiger partial charge is 0.0830 e. The van der Waals surface area contributed by atoms with Crippen molar-refractivity contribution in [1.82, 2.24) is 5.12 Å². The van der Waals surface area contributed by atoms with Crippen LogP contribution >= 0.6 is 0 Å². The highest BCUT2D eigenvalue weighted by Crippen LogP contribution is 2.45. The Hall–Kier alpha value is -2.78. The van der Waals surface area contributed by atoms with Gasteiger partial charge in [-0.25, -0.2) is 0 Å². The zero-order chi connectivity index (χ0) is 19.8. The topological polar surface area (TPSA) is 18.5 Å². The third-order valence-electron chi connectivity index (χ3n) is 4.71. The number of benzene rings is 1. The Bertz CT molecular complexity index is 758. The second-order valence-corrected chi connectivity index (χ2v) is 6.46. The first-order chi connectivity index (χ1) is 13.2. The highest BCUT2D eigenvalue weighted by molar-refractivity contribution is 5.83. The fourth-order valence-electron chi connectivity index (χ4n) is 3.76. The summed E-state index contributed by atoms with van der Waals surface area (Å²) in [5, 5.41) is 4.33. The van der Waals surface area contributed by atoms with Gasteiger partial charge in [-0.1, -0.05) is 36.5 Å². The Kier molecular flexibility index (Phi) is 7.44. The molecule has 0 saturated heterocycles. The minimum Gasteiger partial charge on any atom is -0.299 e. The predicted octanol–water partition coefficient (Wildman–Crippen LogP) is 5.34. The fraction of sp³-hybridized carbons (Fsp3) is 0.250. The van der Waals surface area contributed by atoms with Gasteiger partial charge in [0.15, 0.2) is 0 Å². The van der Waals surface area contributed by atoms with E-state index in [9.17, 15) is 0 Å². The Labute approximate surface area is 164 Å². The molecule has 0 spiro atoms. The van der Waals surface area contributed by atoms with Gasteiger partial charge >= 0.3 is 0 Å². The van der Waals surface area contributed by atoms with Crippen molar-refractivity contribution in [2.24, 2.45) is 0 Å². The van der Waals surface area contributed by atoms with Crippen molar-refractivity contribution in [3.63, 3.8) is 0 Å². The van der Waals surface area contributed by atoms with Crippen molar-refractivity contribution in [2.75, 3.05) is 23.5 Å². The summed E-state index contributed by atoms with van der Waals surface area (Å²) >= 11 is 0. The number of anilines is 2. The molecule has 3 nitrogen and oxygen atoms in total. The van der Waals surface area contributed by atoms with E-state index in [0.717, 1.165) is 31.4 Å². The van der Waals surface area contributed by atoms with Crippen LogP contribution in [0.25, 0.3) is 0 Å². The first-order valence-electron chi connectivity index (χ1n) is 9.34. The predicted molar refractivity (Wildman–Crippen MR) is 120 cm³/mol. The Balaban J connectivity index is 2.86. The lowest BCUT2D eigenvalue weighted by Crippen LogP contribution is -2.42. The number of allylic oxidation sites excluding steroid dienone is 4. The van der Waals surface area contributed by atoms with Gasteiger partial charge in [0.1, 0.15) is 0 Å². The molecule has 0 fully saturated rings. The zero-order valence-electron chi connectivity index (χ0n) is 16.3. The molecule has 1 aromatic carbocycles. The zero-order valence-corrected chi connectivity index (χ0v) is 16.3. The molecule has 2 rings (SSSR count). The highest BCUT2D eigenvalue weighted by atomic mass is 15.8. The maximum absolute atomic E-state index is 3.99. The Morgan fingerprint density at radius 3 is 1.59 bits per heavy atom. The number of rotatable bonds is 12. The van der Waals surface area contributed by atoms with Crippen molar-refractivity contribution in [3.05, 3.63) is 98.2 Å². The van der Waals surface area contributed by atoms with Crippen LogP contribution in [0.2, 0.25) is 0 Å². The summed E-state index contributed by atoms with van der Waals surface area (Å²) in [4.78, 5) is 0. The second kappa shape index (κ2) is 9.79. The minimum absolute atomic E-state index is 0.692. The van der Waals surface area contributed by atoms with Gasteiger partial charge in [0.05, 0.1) is 24.5 Å². The van der Waals surface area contributed by atoms with Crippen LogP contribution in [0, 0.1) is 0 Å². The van der Waals surface area contributed by atoms with E-state index >= 15 is 0 Å². The number of nitrogens with one attached hydrogen (secondary N) is 1. The lowest BCUT2D eigenvalue weighted by molar-refractivity contribution is 0.361. The van der Waals surface area contributed by atoms with Crippen molar-refractivity contribution < 1.29 is 0 Å². The van der Waals surface area contributed by atoms with Crippen LogP contribution < -0.4 is 10.4 Å². The van der Waals surface area contributed by atoms with Crippen molar-refractivity contribution in [1.29, 1.82) is 0 Å². The number of hydrazine groups is 2. The standard InChI is InChI=1S/C24H31N3/c1-7-13-19-20(14-8-2)22(16-10-4)24-23(21(19)15-9-3)25-27(18-12-6)26(24)17-11-5/h7-12,25H,1-6,13-18H2. The average Bonchev–Trinajstić information content (AvgIpc) is 3.00. The van der Waals surface area contributed by atoms with Gasteiger partial charge in [-0.05, 0) is 47.9 Å². The van der Waals surface area contributed by atoms with E-state index in [0.29, 0.717) is 13.1 Å². The normalized spacial score (nSPS) is 12.8. The van der Waals surface area contributed by atoms with Crippen LogP contribution in [0.4, 0.5) is 11.4 Å². The molecule has 0 atom stereocenters. The molecule has 1 N–H and O–H groups in total. The summed E-state index contributed by atoms with van der Waals surface area (Å²) in [5.74, 6) is 0. The van der Waals surface area contributed by atoms with E-state index in [1.807, 2.05) is 36.5 Å². The van der Waals surface area contributed by atoms with Gasteiger partial charge in [-0.2, -0.15) is 0 Å². The maximum Gasteiger partial charge on any atom is 0.0830 e. The molecule has 1 aliphatic heterocycles. The molecule has 0 amide bonds. The van der Waals surface area contributed by atoms with E-state index in [1.54, 1.807) is 0 Å². The van der Waals surface area contributed by atoms with Crippen LogP contribution in [-0.4, -0.2) is 18.2 Å². The van der Waals surface area contributed by atoms with E-state index in [2.05, 4.69) is 55.0 Å². The van der Waals surface area contributed by atoms with E-state index in [-0.39, 0.29) is 0 Å². The SMILES string of the molecule is C=CCc1c(CC=C)c(CC=C)c2c(c1CC=C)NN(CC=C)N2CC=C. The van der Waals surface area contributed by atoms with Gasteiger partial charge < -0.3 is 0 Å². The van der Waals surface area contributed by atoms with E-state index < -0.39 is 0 Å². The maximum atomic E-state index is 3.99. The van der Waals surface area contributed by atoms with Gasteiger partial charge in [-0.15, -0.1) is 44.6 Å². The number of nitrogens with zero attached hydrogens (tertiary/aromatic N) is 2. The van der Waals surface area contributed by atoms with E-state index in [4.69, 9.17) is 0 Å². The molecule has 0 aliphatic carbocycles. The molecule has 142 valence electrons. The lowest BCUT2D eigenvalue weighted by atomic mass is 9.86. The third-order valence-corrected chi connectivity index (χ3v) is 4.71. The summed E-state index contributed by atoms with van der Waals surface area (Å²) in [5.41, 5.74) is 11.1. The molecule has 0 saturated carbocycles. The van der Waals surface area contributed by atoms with Crippen molar-refractivity contribution in [3.8, 4) is 0 Å². The summed E-state index contributed by atoms with van der Waals surface area (Å²) in [6, 6.07) is 0. The molecule has 27 heavy (non-hydrogen) atoms. The lowest BCUT2D eigenvalue weighted by Gasteiger charge is -2.29. The summed E-state index contributed by atoms with van der Waals surface area (Å²) in [7, 11) is 0. The molecule has 0 aromatic heterocycles. The number of fused-ring (bicyclic) bond motifs is 1. The number of hydrogen-bond donors (Lipinski definition) is 1. The largest absolute Gasteiger partial charge is 0.299 e. The second-order valence-electron chi connectivity index (χ2n) is 6.46. The Morgan fingerprint density at radius 2 is 1.07 bits per heavy atom. The molecular weight excluding hydrogens is 330 g/mol. The molecule has 0 bridgehead atoms. The highest BCUT2D eigenvalue weighted by Gasteiger charge is 2.33. The van der Waals surface area contributed by atoms with E-state index in [1.165, 1.54) is 27.9 Å². The van der Waals surface area contributed by atoms with Crippen molar-refractivity contribution in [2.45, 2.75) is 25.7 Å². The molecular formula is C24H31N3. The molecule has 1 heterocycles. The summed E-state index contributed by atoms with van der Waals surface area (Å²) in [6.45, 7) is 25.2. The van der Waals surface area contributed by atoms with Gasteiger partial charge in [0.2, 0.25) is 0 Å². The first kappa shape index (κ1) is 20.5. The third kappa shape index (κ3) is 3.99. The Morgan fingerprint density at radius 1 is 0.593 bits per heavy atom. The van der Waals surface area contributed by atoms with Crippen LogP contribution in [-0.2, 0) is 25.7 Å². The first-order valence-corrected chi connectivity index (χ1v) is 9.34. The summed E-state index contributed by atoms with van der Waals surface area (Å²) < 4.78 is 0. The quantitative estimate of drug-likeness (QED) is 0.507. The van der Waals surface area contributed by atoms with Crippen molar-refractivity contribution >= 4 is 11.4 Å².